The van der Waals surface area contributed by atoms with E-state index in [1.165, 1.54) is 6.92 Å². The first kappa shape index (κ1) is 31.0. The van der Waals surface area contributed by atoms with Crippen LogP contribution in [0.1, 0.15) is 52.0 Å². The molecule has 3 amide bonds. The van der Waals surface area contributed by atoms with Crippen LogP contribution >= 0.6 is 0 Å². The number of nitrogens with one attached hydrogen (secondary N) is 3. The number of hydrogen-bond donors (Lipinski definition) is 7. The Labute approximate surface area is 212 Å². The highest BCUT2D eigenvalue weighted by Crippen LogP contribution is 2.08. The molecule has 0 aromatic heterocycles. The van der Waals surface area contributed by atoms with E-state index in [0.717, 1.165) is 5.56 Å². The average molecular weight is 508 g/mol. The number of rotatable bonds is 16. The van der Waals surface area contributed by atoms with Crippen LogP contribution in [0.15, 0.2) is 30.3 Å². The van der Waals surface area contributed by atoms with E-state index >= 15 is 0 Å². The van der Waals surface area contributed by atoms with Crippen LogP contribution in [0, 0.1) is 5.92 Å². The third-order valence-electron chi connectivity index (χ3n) is 5.60. The summed E-state index contributed by atoms with van der Waals surface area (Å²) in [6.07, 6.45) is 0.478. The van der Waals surface area contributed by atoms with Crippen LogP contribution in [0.5, 0.6) is 0 Å². The fourth-order valence-electron chi connectivity index (χ4n) is 3.61. The normalized spacial score (nSPS) is 15.3. The fraction of sp³-hybridized carbons (Fsp3) is 0.600. The van der Waals surface area contributed by atoms with Crippen LogP contribution in [-0.2, 0) is 25.6 Å². The summed E-state index contributed by atoms with van der Waals surface area (Å²) in [5, 5.41) is 27.1. The van der Waals surface area contributed by atoms with Gasteiger partial charge in [0, 0.05) is 0 Å². The van der Waals surface area contributed by atoms with Gasteiger partial charge in [-0.05, 0) is 57.1 Å². The number of amides is 3. The number of carbonyl (C=O) groups is 4. The lowest BCUT2D eigenvalue weighted by Gasteiger charge is -2.26. The second-order valence-corrected chi connectivity index (χ2v) is 9.40. The summed E-state index contributed by atoms with van der Waals surface area (Å²) >= 11 is 0. The topological polar surface area (TPSA) is 197 Å². The number of hydrogen-bond acceptors (Lipinski definition) is 7. The third kappa shape index (κ3) is 11.1. The van der Waals surface area contributed by atoms with E-state index in [2.05, 4.69) is 16.0 Å². The lowest BCUT2D eigenvalue weighted by molar-refractivity contribution is -0.143. The fourth-order valence-corrected chi connectivity index (χ4v) is 3.61. The van der Waals surface area contributed by atoms with Gasteiger partial charge < -0.3 is 37.6 Å². The molecule has 36 heavy (non-hydrogen) atoms. The number of aliphatic carboxylic acids is 1. The van der Waals surface area contributed by atoms with E-state index in [1.54, 1.807) is 0 Å². The van der Waals surface area contributed by atoms with Gasteiger partial charge in [-0.3, -0.25) is 14.4 Å². The number of benzene rings is 1. The van der Waals surface area contributed by atoms with Crippen molar-refractivity contribution < 1.29 is 29.4 Å². The standard InChI is InChI=1S/C25H41N5O6/c1-15(2)13-20(25(35)36)29-23(33)19(11-7-8-12-26)28-24(34)21(16(3)31)30-22(32)18(27)14-17-9-5-4-6-10-17/h4-6,9-10,15-16,18-21,31H,7-8,11-14,26-27H2,1-3H3,(H,28,34)(H,29,33)(H,30,32)(H,35,36). The van der Waals surface area contributed by atoms with Gasteiger partial charge in [-0.15, -0.1) is 0 Å². The predicted octanol–water partition coefficient (Wildman–Crippen LogP) is -0.349. The zero-order valence-corrected chi connectivity index (χ0v) is 21.3. The second-order valence-electron chi connectivity index (χ2n) is 9.40. The molecule has 1 rings (SSSR count). The summed E-state index contributed by atoms with van der Waals surface area (Å²) in [5.74, 6) is -3.23. The van der Waals surface area contributed by atoms with Crippen LogP contribution < -0.4 is 27.4 Å². The highest BCUT2D eigenvalue weighted by atomic mass is 16.4. The molecule has 5 atom stereocenters. The lowest BCUT2D eigenvalue weighted by atomic mass is 10.0. The maximum atomic E-state index is 13.0. The molecular weight excluding hydrogens is 466 g/mol. The van der Waals surface area contributed by atoms with Crippen molar-refractivity contribution in [3.63, 3.8) is 0 Å². The summed E-state index contributed by atoms with van der Waals surface area (Å²) in [4.78, 5) is 50.1. The molecule has 5 unspecified atom stereocenters. The van der Waals surface area contributed by atoms with Gasteiger partial charge in [0.05, 0.1) is 12.1 Å². The Morgan fingerprint density at radius 1 is 0.889 bits per heavy atom. The highest BCUT2D eigenvalue weighted by Gasteiger charge is 2.32. The van der Waals surface area contributed by atoms with Gasteiger partial charge in [-0.1, -0.05) is 44.2 Å². The minimum Gasteiger partial charge on any atom is -0.480 e. The van der Waals surface area contributed by atoms with Gasteiger partial charge in [0.1, 0.15) is 18.1 Å². The Kier molecular flexibility index (Phi) is 13.7. The maximum absolute atomic E-state index is 13.0. The van der Waals surface area contributed by atoms with Gasteiger partial charge in [0.2, 0.25) is 17.7 Å². The molecule has 0 saturated carbocycles. The first-order chi connectivity index (χ1) is 17.0. The van der Waals surface area contributed by atoms with E-state index < -0.39 is 54.0 Å². The summed E-state index contributed by atoms with van der Waals surface area (Å²) in [5.41, 5.74) is 12.4. The van der Waals surface area contributed by atoms with Crippen LogP contribution in [0.25, 0.3) is 0 Å². The molecule has 0 bridgehead atoms. The summed E-state index contributed by atoms with van der Waals surface area (Å²) in [6, 6.07) is 4.59. The van der Waals surface area contributed by atoms with Crippen molar-refractivity contribution >= 4 is 23.7 Å². The molecule has 11 heteroatoms. The minimum atomic E-state index is -1.37. The molecule has 202 valence electrons. The van der Waals surface area contributed by atoms with Crippen LogP contribution in [0.2, 0.25) is 0 Å². The zero-order chi connectivity index (χ0) is 27.3. The number of carbonyl (C=O) groups excluding carboxylic acids is 3. The maximum Gasteiger partial charge on any atom is 0.326 e. The highest BCUT2D eigenvalue weighted by molar-refractivity contribution is 5.94. The van der Waals surface area contributed by atoms with E-state index in [4.69, 9.17) is 11.5 Å². The first-order valence-corrected chi connectivity index (χ1v) is 12.3. The van der Waals surface area contributed by atoms with Crippen molar-refractivity contribution in [2.45, 2.75) is 83.1 Å². The SMILES string of the molecule is CC(C)CC(NC(=O)C(CCCCN)NC(=O)C(NC(=O)C(N)Cc1ccccc1)C(C)O)C(=O)O. The smallest absolute Gasteiger partial charge is 0.326 e. The summed E-state index contributed by atoms with van der Waals surface area (Å²) in [6.45, 7) is 5.39. The molecular formula is C25H41N5O6. The number of aliphatic hydroxyl groups is 1. The molecule has 0 fully saturated rings. The van der Waals surface area contributed by atoms with E-state index in [0.29, 0.717) is 19.4 Å². The van der Waals surface area contributed by atoms with Gasteiger partial charge in [0.25, 0.3) is 0 Å². The Hall–Kier alpha value is -3.02. The molecule has 0 heterocycles. The van der Waals surface area contributed by atoms with Crippen LogP contribution in [-0.4, -0.2) is 70.7 Å². The quantitative estimate of drug-likeness (QED) is 0.147. The molecule has 1 aromatic carbocycles. The molecule has 0 aliphatic heterocycles. The van der Waals surface area contributed by atoms with E-state index in [1.807, 2.05) is 44.2 Å². The molecule has 0 aliphatic carbocycles. The van der Waals surface area contributed by atoms with Gasteiger partial charge >= 0.3 is 5.97 Å². The minimum absolute atomic E-state index is 0.0200. The lowest BCUT2D eigenvalue weighted by Crippen LogP contribution is -2.60. The zero-order valence-electron chi connectivity index (χ0n) is 21.3. The Morgan fingerprint density at radius 3 is 2.03 bits per heavy atom. The number of unbranched alkanes of at least 4 members (excludes halogenated alkanes) is 1. The van der Waals surface area contributed by atoms with Gasteiger partial charge in [-0.2, -0.15) is 0 Å². The van der Waals surface area contributed by atoms with E-state index in [-0.39, 0.29) is 25.2 Å². The van der Waals surface area contributed by atoms with Gasteiger partial charge in [-0.25, -0.2) is 4.79 Å². The summed E-state index contributed by atoms with van der Waals surface area (Å²) < 4.78 is 0. The number of carboxylic acid groups (broad SMARTS) is 1. The van der Waals surface area contributed by atoms with Crippen LogP contribution in [0.3, 0.4) is 0 Å². The second kappa shape index (κ2) is 15.9. The number of carboxylic acids is 1. The molecule has 0 aliphatic rings. The van der Waals surface area contributed by atoms with Crippen molar-refractivity contribution in [3.8, 4) is 0 Å². The number of aliphatic hydroxyl groups excluding tert-OH is 1. The monoisotopic (exact) mass is 507 g/mol. The molecule has 0 radical (unpaired) electrons. The van der Waals surface area contributed by atoms with Crippen molar-refractivity contribution in [2.75, 3.05) is 6.54 Å². The van der Waals surface area contributed by atoms with Crippen molar-refractivity contribution in [3.05, 3.63) is 35.9 Å². The number of nitrogens with two attached hydrogens (primary N) is 2. The molecule has 0 spiro atoms. The molecule has 11 nitrogen and oxygen atoms in total. The molecule has 0 saturated heterocycles. The van der Waals surface area contributed by atoms with Crippen molar-refractivity contribution in [1.82, 2.24) is 16.0 Å². The average Bonchev–Trinajstić information content (AvgIpc) is 2.81. The summed E-state index contributed by atoms with van der Waals surface area (Å²) in [7, 11) is 0. The van der Waals surface area contributed by atoms with Crippen molar-refractivity contribution in [1.29, 1.82) is 0 Å². The third-order valence-corrected chi connectivity index (χ3v) is 5.60. The Bertz CT molecular complexity index is 849. The Morgan fingerprint density at radius 2 is 1.50 bits per heavy atom. The predicted molar refractivity (Wildman–Crippen MR) is 136 cm³/mol. The van der Waals surface area contributed by atoms with E-state index in [9.17, 15) is 29.4 Å². The molecule has 1 aromatic rings. The largest absolute Gasteiger partial charge is 0.480 e. The van der Waals surface area contributed by atoms with Gasteiger partial charge in [0.15, 0.2) is 0 Å². The van der Waals surface area contributed by atoms with Crippen LogP contribution in [0.4, 0.5) is 0 Å². The first-order valence-electron chi connectivity index (χ1n) is 12.3. The van der Waals surface area contributed by atoms with Crippen molar-refractivity contribution in [2.24, 2.45) is 17.4 Å². The molecule has 9 N–H and O–H groups in total. The Balaban J connectivity index is 2.92.